The van der Waals surface area contributed by atoms with Crippen molar-refractivity contribution in [3.05, 3.63) is 89.5 Å². The van der Waals surface area contributed by atoms with E-state index in [0.717, 1.165) is 58.3 Å². The van der Waals surface area contributed by atoms with Crippen LogP contribution < -0.4 is 10.1 Å². The number of piperidine rings is 1. The fourth-order valence-electron chi connectivity index (χ4n) is 5.82. The Morgan fingerprint density at radius 3 is 2.65 bits per heavy atom. The third-order valence-corrected chi connectivity index (χ3v) is 8.14. The summed E-state index contributed by atoms with van der Waals surface area (Å²) < 4.78 is 14.1. The highest BCUT2D eigenvalue weighted by molar-refractivity contribution is 5.92. The molecule has 46 heavy (non-hydrogen) atoms. The Kier molecular flexibility index (Phi) is 8.62. The van der Waals surface area contributed by atoms with E-state index in [9.17, 15) is 4.79 Å². The summed E-state index contributed by atoms with van der Waals surface area (Å²) in [4.78, 5) is 28.4. The molecule has 2 aromatic carbocycles. The van der Waals surface area contributed by atoms with Crippen LogP contribution in [0.2, 0.25) is 0 Å². The number of aryl methyl sites for hydroxylation is 3. The topological polar surface area (TPSA) is 107 Å². The molecule has 1 N–H and O–H groups in total. The Morgan fingerprint density at radius 1 is 1.02 bits per heavy atom. The van der Waals surface area contributed by atoms with Crippen molar-refractivity contribution in [1.82, 2.24) is 29.6 Å². The lowest BCUT2D eigenvalue weighted by atomic mass is 9.98. The van der Waals surface area contributed by atoms with E-state index in [1.165, 1.54) is 5.56 Å². The number of pyridine rings is 1. The fraction of sp³-hybridized carbons (Fsp3) is 0.361. The van der Waals surface area contributed by atoms with Crippen molar-refractivity contribution >= 4 is 22.8 Å². The van der Waals surface area contributed by atoms with Gasteiger partial charge in [-0.05, 0) is 88.2 Å². The number of carbonyl (C=O) groups is 1. The number of nitrogens with one attached hydrogen (secondary N) is 1. The highest BCUT2D eigenvalue weighted by Crippen LogP contribution is 2.38. The lowest BCUT2D eigenvalue weighted by Crippen LogP contribution is -2.47. The summed E-state index contributed by atoms with van der Waals surface area (Å²) in [6.07, 6.45) is 5.64. The molecule has 1 saturated heterocycles. The summed E-state index contributed by atoms with van der Waals surface area (Å²) in [5, 5.41) is 10.2. The largest absolute Gasteiger partial charge is 0.444 e. The standard InChI is InChI=1S/C36H41N7O3/c1-23-14-15-28-25(21-27-20-24(2)42(6)41-27)10-7-12-29(28)32(23)45-33-30(13-8-17-37-33)31-16-18-38-34(40-31)39-26-11-9-19-43(22-26)35(44)46-36(3,4)5/h7-8,10,12-18,20,26H,9,11,19,21-22H2,1-6H3,(H,38,39,40)/t26-/m0/s1. The van der Waals surface area contributed by atoms with Gasteiger partial charge < -0.3 is 19.7 Å². The molecule has 1 atom stereocenters. The van der Waals surface area contributed by atoms with Gasteiger partial charge in [-0.1, -0.05) is 30.3 Å². The molecule has 0 unspecified atom stereocenters. The number of fused-ring (bicyclic) bond motifs is 1. The Labute approximate surface area is 269 Å². The SMILES string of the molecule is Cc1ccc2c(Cc3cc(C)n(C)n3)cccc2c1Oc1ncccc1-c1ccnc(N[C@H]2CCCN(C(=O)OC(C)(C)C)C2)n1. The lowest BCUT2D eigenvalue weighted by Gasteiger charge is -2.34. The van der Waals surface area contributed by atoms with Gasteiger partial charge in [-0.2, -0.15) is 5.10 Å². The highest BCUT2D eigenvalue weighted by Gasteiger charge is 2.28. The van der Waals surface area contributed by atoms with Gasteiger partial charge in [0.1, 0.15) is 11.4 Å². The van der Waals surface area contributed by atoms with Crippen LogP contribution in [0.1, 0.15) is 56.1 Å². The molecular formula is C36H41N7O3. The first kappa shape index (κ1) is 31.0. The van der Waals surface area contributed by atoms with Gasteiger partial charge in [-0.3, -0.25) is 4.68 Å². The summed E-state index contributed by atoms with van der Waals surface area (Å²) in [6.45, 7) is 10.9. The van der Waals surface area contributed by atoms with Crippen molar-refractivity contribution in [2.45, 2.75) is 65.5 Å². The summed E-state index contributed by atoms with van der Waals surface area (Å²) in [7, 11) is 1.97. The number of ether oxygens (including phenoxy) is 2. The number of benzene rings is 2. The predicted octanol–water partition coefficient (Wildman–Crippen LogP) is 7.24. The lowest BCUT2D eigenvalue weighted by molar-refractivity contribution is 0.0206. The Bertz CT molecular complexity index is 1860. The molecule has 0 bridgehead atoms. The van der Waals surface area contributed by atoms with E-state index in [1.54, 1.807) is 17.3 Å². The van der Waals surface area contributed by atoms with E-state index >= 15 is 0 Å². The molecule has 0 aliphatic carbocycles. The number of hydrogen-bond acceptors (Lipinski definition) is 8. The second-order valence-corrected chi connectivity index (χ2v) is 12.9. The molecule has 238 valence electrons. The van der Waals surface area contributed by atoms with Crippen LogP contribution in [0.4, 0.5) is 10.7 Å². The minimum atomic E-state index is -0.538. The smallest absolute Gasteiger partial charge is 0.410 e. The van der Waals surface area contributed by atoms with Crippen LogP contribution in [0.15, 0.2) is 67.0 Å². The molecular weight excluding hydrogens is 578 g/mol. The Hall–Kier alpha value is -4.99. The maximum atomic E-state index is 12.7. The van der Waals surface area contributed by atoms with Crippen molar-refractivity contribution < 1.29 is 14.3 Å². The number of likely N-dealkylation sites (tertiary alicyclic amines) is 1. The van der Waals surface area contributed by atoms with Crippen LogP contribution in [-0.4, -0.2) is 60.5 Å². The maximum Gasteiger partial charge on any atom is 0.410 e. The van der Waals surface area contributed by atoms with E-state index in [1.807, 2.05) is 57.6 Å². The third-order valence-electron chi connectivity index (χ3n) is 8.14. The average molecular weight is 620 g/mol. The van der Waals surface area contributed by atoms with Gasteiger partial charge in [0.15, 0.2) is 0 Å². The first-order valence-corrected chi connectivity index (χ1v) is 15.8. The molecule has 0 spiro atoms. The maximum absolute atomic E-state index is 12.7. The molecule has 10 nitrogen and oxygen atoms in total. The van der Waals surface area contributed by atoms with Gasteiger partial charge in [0.25, 0.3) is 0 Å². The Morgan fingerprint density at radius 2 is 1.87 bits per heavy atom. The number of nitrogens with zero attached hydrogens (tertiary/aromatic N) is 6. The molecule has 0 radical (unpaired) electrons. The van der Waals surface area contributed by atoms with Crippen molar-refractivity contribution in [2.24, 2.45) is 7.05 Å². The quantitative estimate of drug-likeness (QED) is 0.203. The van der Waals surface area contributed by atoms with Gasteiger partial charge in [0.2, 0.25) is 11.8 Å². The summed E-state index contributed by atoms with van der Waals surface area (Å²) in [5.41, 5.74) is 5.24. The number of rotatable bonds is 7. The van der Waals surface area contributed by atoms with Crippen molar-refractivity contribution in [3.63, 3.8) is 0 Å². The molecule has 1 fully saturated rings. The molecule has 1 aliphatic heterocycles. The monoisotopic (exact) mass is 619 g/mol. The molecule has 6 rings (SSSR count). The van der Waals surface area contributed by atoms with Crippen LogP contribution >= 0.6 is 0 Å². The minimum Gasteiger partial charge on any atom is -0.444 e. The predicted molar refractivity (Wildman–Crippen MR) is 179 cm³/mol. The molecule has 1 amide bonds. The fourth-order valence-corrected chi connectivity index (χ4v) is 5.82. The average Bonchev–Trinajstić information content (AvgIpc) is 3.34. The highest BCUT2D eigenvalue weighted by atomic mass is 16.6. The first-order chi connectivity index (χ1) is 22.0. The van der Waals surface area contributed by atoms with Gasteiger partial charge in [-0.25, -0.2) is 19.7 Å². The molecule has 3 aromatic heterocycles. The van der Waals surface area contributed by atoms with Gasteiger partial charge in [-0.15, -0.1) is 0 Å². The van der Waals surface area contributed by atoms with Crippen LogP contribution in [0, 0.1) is 13.8 Å². The minimum absolute atomic E-state index is 0.00340. The number of aromatic nitrogens is 5. The van der Waals surface area contributed by atoms with Crippen LogP contribution in [0.3, 0.4) is 0 Å². The first-order valence-electron chi connectivity index (χ1n) is 15.8. The molecule has 5 aromatic rings. The van der Waals surface area contributed by atoms with E-state index in [0.29, 0.717) is 30.6 Å². The van der Waals surface area contributed by atoms with Crippen LogP contribution in [0.25, 0.3) is 22.0 Å². The van der Waals surface area contributed by atoms with Crippen molar-refractivity contribution in [2.75, 3.05) is 18.4 Å². The van der Waals surface area contributed by atoms with Gasteiger partial charge in [0.05, 0.1) is 17.0 Å². The zero-order valence-electron chi connectivity index (χ0n) is 27.4. The molecule has 0 saturated carbocycles. The normalized spacial score (nSPS) is 15.2. The third kappa shape index (κ3) is 6.96. The second-order valence-electron chi connectivity index (χ2n) is 12.9. The number of amides is 1. The Balaban J connectivity index is 1.24. The number of carbonyl (C=O) groups excluding carboxylic acids is 1. The zero-order valence-corrected chi connectivity index (χ0v) is 27.4. The number of anilines is 1. The van der Waals surface area contributed by atoms with E-state index < -0.39 is 5.60 Å². The zero-order chi connectivity index (χ0) is 32.4. The molecule has 10 heteroatoms. The molecule has 1 aliphatic rings. The second kappa shape index (κ2) is 12.8. The molecule has 4 heterocycles. The van der Waals surface area contributed by atoms with E-state index in [-0.39, 0.29) is 12.1 Å². The summed E-state index contributed by atoms with van der Waals surface area (Å²) in [6, 6.07) is 18.4. The van der Waals surface area contributed by atoms with Crippen LogP contribution in [0.5, 0.6) is 11.6 Å². The van der Waals surface area contributed by atoms with Gasteiger partial charge >= 0.3 is 6.09 Å². The van der Waals surface area contributed by atoms with E-state index in [4.69, 9.17) is 14.5 Å². The summed E-state index contributed by atoms with van der Waals surface area (Å²) in [5.74, 6) is 1.70. The van der Waals surface area contributed by atoms with Crippen molar-refractivity contribution in [1.29, 1.82) is 0 Å². The van der Waals surface area contributed by atoms with E-state index in [2.05, 4.69) is 63.7 Å². The number of hydrogen-bond donors (Lipinski definition) is 1. The van der Waals surface area contributed by atoms with Gasteiger partial charge in [0, 0.05) is 56.1 Å². The van der Waals surface area contributed by atoms with Crippen LogP contribution in [-0.2, 0) is 18.2 Å². The van der Waals surface area contributed by atoms with Crippen molar-refractivity contribution in [3.8, 4) is 22.9 Å². The summed E-state index contributed by atoms with van der Waals surface area (Å²) >= 11 is 0.